The van der Waals surface area contributed by atoms with Crippen LogP contribution >= 0.6 is 0 Å². The van der Waals surface area contributed by atoms with Crippen molar-refractivity contribution in [3.8, 4) is 0 Å². The molecule has 0 aromatic carbocycles. The summed E-state index contributed by atoms with van der Waals surface area (Å²) >= 11 is 0. The second kappa shape index (κ2) is 24.5. The maximum absolute atomic E-state index is 12.2. The lowest BCUT2D eigenvalue weighted by molar-refractivity contribution is -0.305. The maximum Gasteiger partial charge on any atom is 0.306 e. The summed E-state index contributed by atoms with van der Waals surface area (Å²) in [5.41, 5.74) is 0. The van der Waals surface area contributed by atoms with E-state index in [2.05, 4.69) is 61.6 Å². The fourth-order valence-corrected chi connectivity index (χ4v) is 3.82. The van der Waals surface area contributed by atoms with Crippen LogP contribution in [0, 0.1) is 0 Å². The Bertz CT molecular complexity index is 803. The lowest BCUT2D eigenvalue weighted by atomic mass is 9.99. The lowest BCUT2D eigenvalue weighted by Crippen LogP contribution is -2.59. The van der Waals surface area contributed by atoms with Crippen molar-refractivity contribution in [2.45, 2.75) is 108 Å². The second-order valence-corrected chi connectivity index (χ2v) is 9.82. The number of carbonyl (C=O) groups excluding carboxylic acids is 1. The van der Waals surface area contributed by atoms with Gasteiger partial charge in [-0.15, -0.1) is 0 Å². The molecule has 0 bridgehead atoms. The van der Waals surface area contributed by atoms with E-state index in [1.807, 2.05) is 13.0 Å². The van der Waals surface area contributed by atoms with Crippen molar-refractivity contribution in [2.24, 2.45) is 0 Å². The molecule has 0 spiro atoms. The monoisotopic (exact) mass is 580 g/mol. The SMILES string of the molecule is CC/C=C\C/C=C\C/C=C\C/C=C\C/C=C\CCOCC(COC1OC(CO)C(O)C(O)C1O)OC(=O)CCCC. The van der Waals surface area contributed by atoms with Crippen LogP contribution in [-0.2, 0) is 23.7 Å². The van der Waals surface area contributed by atoms with Crippen molar-refractivity contribution in [3.05, 3.63) is 60.8 Å². The highest BCUT2D eigenvalue weighted by Crippen LogP contribution is 2.22. The highest BCUT2D eigenvalue weighted by Gasteiger charge is 2.44. The Morgan fingerprint density at radius 2 is 1.39 bits per heavy atom. The minimum Gasteiger partial charge on any atom is -0.457 e. The van der Waals surface area contributed by atoms with Gasteiger partial charge in [0.25, 0.3) is 0 Å². The zero-order chi connectivity index (χ0) is 30.1. The minimum atomic E-state index is -1.55. The molecule has 1 aliphatic heterocycles. The number of hydrogen-bond acceptors (Lipinski definition) is 9. The Balaban J connectivity index is 2.34. The highest BCUT2D eigenvalue weighted by molar-refractivity contribution is 5.69. The summed E-state index contributed by atoms with van der Waals surface area (Å²) in [6.45, 7) is 3.91. The molecule has 1 aliphatic rings. The van der Waals surface area contributed by atoms with Gasteiger partial charge in [-0.2, -0.15) is 0 Å². The predicted molar refractivity (Wildman–Crippen MR) is 159 cm³/mol. The molecule has 1 heterocycles. The van der Waals surface area contributed by atoms with Gasteiger partial charge in [-0.1, -0.05) is 81.0 Å². The van der Waals surface area contributed by atoms with Gasteiger partial charge in [-0.25, -0.2) is 0 Å². The number of aliphatic hydroxyl groups is 4. The number of aliphatic hydroxyl groups excluding tert-OH is 4. The van der Waals surface area contributed by atoms with Gasteiger partial charge in [0.2, 0.25) is 0 Å². The Labute approximate surface area is 245 Å². The summed E-state index contributed by atoms with van der Waals surface area (Å²) in [6.07, 6.45) is 21.0. The quantitative estimate of drug-likeness (QED) is 0.0849. The number of hydrogen-bond donors (Lipinski definition) is 4. The smallest absolute Gasteiger partial charge is 0.306 e. The summed E-state index contributed by atoms with van der Waals surface area (Å²) in [4.78, 5) is 12.2. The molecule has 0 aliphatic carbocycles. The van der Waals surface area contributed by atoms with Crippen LogP contribution in [0.2, 0.25) is 0 Å². The third-order valence-electron chi connectivity index (χ3n) is 6.22. The summed E-state index contributed by atoms with van der Waals surface area (Å²) in [7, 11) is 0. The van der Waals surface area contributed by atoms with Gasteiger partial charge in [0.05, 0.1) is 26.4 Å². The van der Waals surface area contributed by atoms with E-state index in [4.69, 9.17) is 18.9 Å². The number of carbonyl (C=O) groups is 1. The molecule has 6 atom stereocenters. The van der Waals surface area contributed by atoms with Crippen LogP contribution in [0.4, 0.5) is 0 Å². The molecule has 0 radical (unpaired) electrons. The van der Waals surface area contributed by atoms with E-state index in [9.17, 15) is 25.2 Å². The van der Waals surface area contributed by atoms with Crippen LogP contribution in [0.1, 0.15) is 71.6 Å². The lowest BCUT2D eigenvalue weighted by Gasteiger charge is -2.39. The van der Waals surface area contributed by atoms with E-state index < -0.39 is 43.4 Å². The molecule has 9 nitrogen and oxygen atoms in total. The number of rotatable bonds is 22. The van der Waals surface area contributed by atoms with E-state index in [1.54, 1.807) is 0 Å². The second-order valence-electron chi connectivity index (χ2n) is 9.82. The first-order chi connectivity index (χ1) is 19.9. The van der Waals surface area contributed by atoms with Gasteiger partial charge < -0.3 is 39.4 Å². The average molecular weight is 581 g/mol. The van der Waals surface area contributed by atoms with Crippen molar-refractivity contribution in [1.82, 2.24) is 0 Å². The van der Waals surface area contributed by atoms with Crippen molar-refractivity contribution in [1.29, 1.82) is 0 Å². The maximum atomic E-state index is 12.2. The van der Waals surface area contributed by atoms with E-state index in [0.29, 0.717) is 19.4 Å². The van der Waals surface area contributed by atoms with E-state index in [-0.39, 0.29) is 25.6 Å². The third kappa shape index (κ3) is 17.4. The fourth-order valence-electron chi connectivity index (χ4n) is 3.82. The van der Waals surface area contributed by atoms with Crippen LogP contribution in [0.3, 0.4) is 0 Å². The molecule has 0 amide bonds. The summed E-state index contributed by atoms with van der Waals surface area (Å²) in [5, 5.41) is 39.4. The number of allylic oxidation sites excluding steroid dienone is 9. The summed E-state index contributed by atoms with van der Waals surface area (Å²) < 4.78 is 22.1. The van der Waals surface area contributed by atoms with Crippen molar-refractivity contribution < 1.29 is 44.2 Å². The molecule has 1 saturated heterocycles. The van der Waals surface area contributed by atoms with E-state index in [0.717, 1.165) is 38.5 Å². The van der Waals surface area contributed by atoms with Crippen LogP contribution in [0.25, 0.3) is 0 Å². The topological polar surface area (TPSA) is 135 Å². The molecule has 0 aromatic rings. The number of esters is 1. The number of unbranched alkanes of at least 4 members (excludes halogenated alkanes) is 1. The van der Waals surface area contributed by atoms with Crippen molar-refractivity contribution >= 4 is 5.97 Å². The van der Waals surface area contributed by atoms with Crippen LogP contribution in [-0.4, -0.2) is 89.6 Å². The third-order valence-corrected chi connectivity index (χ3v) is 6.22. The molecule has 6 unspecified atom stereocenters. The van der Waals surface area contributed by atoms with Gasteiger partial charge in [0, 0.05) is 6.42 Å². The molecule has 41 heavy (non-hydrogen) atoms. The van der Waals surface area contributed by atoms with Gasteiger partial charge in [-0.3, -0.25) is 4.79 Å². The number of ether oxygens (including phenoxy) is 4. The standard InChI is InChI=1S/C32H52O9/c1-3-5-7-8-9-10-11-12-13-14-15-16-17-18-19-20-22-38-24-26(40-28(34)21-6-4-2)25-39-32-31(37)30(36)29(35)27(23-33)41-32/h5,7,9-10,12-13,15-16,18-19,26-27,29-33,35-37H,3-4,6,8,11,14,17,20-25H2,1-2H3/b7-5-,10-9-,13-12-,16-15-,19-18-. The largest absolute Gasteiger partial charge is 0.457 e. The molecule has 234 valence electrons. The Kier molecular flexibility index (Phi) is 22.0. The zero-order valence-electron chi connectivity index (χ0n) is 24.8. The minimum absolute atomic E-state index is 0.0833. The van der Waals surface area contributed by atoms with Crippen molar-refractivity contribution in [2.75, 3.05) is 26.4 Å². The normalized spacial score (nSPS) is 24.5. The molecule has 0 aromatic heterocycles. The molecule has 0 saturated carbocycles. The Morgan fingerprint density at radius 1 is 0.805 bits per heavy atom. The van der Waals surface area contributed by atoms with E-state index >= 15 is 0 Å². The predicted octanol–water partition coefficient (Wildman–Crippen LogP) is 4.06. The van der Waals surface area contributed by atoms with Gasteiger partial charge >= 0.3 is 5.97 Å². The molecule has 9 heteroatoms. The van der Waals surface area contributed by atoms with Gasteiger partial charge in [0.15, 0.2) is 6.29 Å². The van der Waals surface area contributed by atoms with E-state index in [1.165, 1.54) is 0 Å². The van der Waals surface area contributed by atoms with Gasteiger partial charge in [-0.05, 0) is 44.9 Å². The molecular weight excluding hydrogens is 528 g/mol. The fraction of sp³-hybridized carbons (Fsp3) is 0.656. The van der Waals surface area contributed by atoms with Crippen molar-refractivity contribution in [3.63, 3.8) is 0 Å². The first-order valence-corrected chi connectivity index (χ1v) is 14.9. The highest BCUT2D eigenvalue weighted by atomic mass is 16.7. The average Bonchev–Trinajstić information content (AvgIpc) is 2.97. The summed E-state index contributed by atoms with van der Waals surface area (Å²) in [5.74, 6) is -0.379. The molecular formula is C32H52O9. The van der Waals surface area contributed by atoms with Crippen LogP contribution < -0.4 is 0 Å². The van der Waals surface area contributed by atoms with Gasteiger partial charge in [0.1, 0.15) is 30.5 Å². The molecule has 1 fully saturated rings. The first-order valence-electron chi connectivity index (χ1n) is 14.9. The Hall–Kier alpha value is -2.11. The molecule has 4 N–H and O–H groups in total. The molecule has 1 rings (SSSR count). The van der Waals surface area contributed by atoms with Crippen LogP contribution in [0.5, 0.6) is 0 Å². The Morgan fingerprint density at radius 3 is 1.95 bits per heavy atom. The first kappa shape index (κ1) is 36.9. The summed E-state index contributed by atoms with van der Waals surface area (Å²) in [6, 6.07) is 0. The van der Waals surface area contributed by atoms with Crippen LogP contribution in [0.15, 0.2) is 60.8 Å². The zero-order valence-corrected chi connectivity index (χ0v) is 24.8.